The van der Waals surface area contributed by atoms with Crippen molar-refractivity contribution in [3.05, 3.63) is 22.8 Å². The van der Waals surface area contributed by atoms with Crippen molar-refractivity contribution in [2.24, 2.45) is 17.8 Å². The van der Waals surface area contributed by atoms with Crippen LogP contribution in [-0.2, 0) is 4.79 Å². The highest BCUT2D eigenvalue weighted by Crippen LogP contribution is 2.36. The number of allylic oxidation sites excluding steroid dienone is 1. The van der Waals surface area contributed by atoms with Crippen molar-refractivity contribution in [3.63, 3.8) is 0 Å². The van der Waals surface area contributed by atoms with E-state index in [-0.39, 0.29) is 35.0 Å². The van der Waals surface area contributed by atoms with Crippen LogP contribution in [-0.4, -0.2) is 17.3 Å². The lowest BCUT2D eigenvalue weighted by atomic mass is 9.88. The van der Waals surface area contributed by atoms with Crippen LogP contribution in [0.3, 0.4) is 0 Å². The van der Waals surface area contributed by atoms with Gasteiger partial charge in [0.15, 0.2) is 0 Å². The van der Waals surface area contributed by atoms with Gasteiger partial charge in [0.1, 0.15) is 5.78 Å². The molecule has 0 aliphatic heterocycles. The minimum absolute atomic E-state index is 0.0919. The fraction of sp³-hybridized carbons (Fsp3) is 0.700. The molecular weight excluding hydrogens is 182 g/mol. The van der Waals surface area contributed by atoms with Gasteiger partial charge in [0, 0.05) is 23.2 Å². The molecule has 1 aliphatic rings. The number of nitro groups is 1. The van der Waals surface area contributed by atoms with E-state index >= 15 is 0 Å². The van der Waals surface area contributed by atoms with Gasteiger partial charge in [-0.2, -0.15) is 0 Å². The summed E-state index contributed by atoms with van der Waals surface area (Å²) in [6, 6.07) is 0. The number of nitrogens with zero attached hydrogens (tertiary/aromatic N) is 1. The van der Waals surface area contributed by atoms with Crippen LogP contribution in [0.25, 0.3) is 0 Å². The average Bonchev–Trinajstić information content (AvgIpc) is 2.31. The van der Waals surface area contributed by atoms with Gasteiger partial charge in [-0.15, -0.1) is 6.58 Å². The predicted molar refractivity (Wildman–Crippen MR) is 52.4 cm³/mol. The maximum absolute atomic E-state index is 11.5. The molecule has 0 aromatic carbocycles. The van der Waals surface area contributed by atoms with E-state index in [2.05, 4.69) is 6.58 Å². The summed E-state index contributed by atoms with van der Waals surface area (Å²) in [5.74, 6) is 0.0190. The normalized spacial score (nSPS) is 31.8. The first kappa shape index (κ1) is 10.9. The number of ketones is 1. The number of carbonyl (C=O) groups is 1. The number of rotatable bonds is 4. The van der Waals surface area contributed by atoms with Crippen molar-refractivity contribution in [1.29, 1.82) is 0 Å². The van der Waals surface area contributed by atoms with Gasteiger partial charge < -0.3 is 0 Å². The van der Waals surface area contributed by atoms with Crippen molar-refractivity contribution >= 4 is 5.78 Å². The molecule has 0 spiro atoms. The van der Waals surface area contributed by atoms with E-state index < -0.39 is 0 Å². The lowest BCUT2D eigenvalue weighted by molar-refractivity contribution is -0.490. The highest BCUT2D eigenvalue weighted by molar-refractivity contribution is 5.84. The van der Waals surface area contributed by atoms with E-state index in [1.54, 1.807) is 6.08 Å². The van der Waals surface area contributed by atoms with Gasteiger partial charge in [-0.1, -0.05) is 13.0 Å². The van der Waals surface area contributed by atoms with Crippen LogP contribution in [0.1, 0.15) is 19.8 Å². The smallest absolute Gasteiger partial charge is 0.207 e. The molecular formula is C10H15NO3. The van der Waals surface area contributed by atoms with E-state index in [9.17, 15) is 14.9 Å². The van der Waals surface area contributed by atoms with Crippen LogP contribution < -0.4 is 0 Å². The zero-order valence-electron chi connectivity index (χ0n) is 8.31. The van der Waals surface area contributed by atoms with Crippen molar-refractivity contribution in [3.8, 4) is 0 Å². The minimum Gasteiger partial charge on any atom is -0.299 e. The van der Waals surface area contributed by atoms with E-state index in [1.165, 1.54) is 0 Å². The van der Waals surface area contributed by atoms with Crippen LogP contribution in [0.5, 0.6) is 0 Å². The number of Topliss-reactive ketones (excluding diaryl/α,β-unsaturated/α-hetero) is 1. The largest absolute Gasteiger partial charge is 0.299 e. The Morgan fingerprint density at radius 3 is 2.86 bits per heavy atom. The van der Waals surface area contributed by atoms with Gasteiger partial charge in [-0.3, -0.25) is 14.9 Å². The quantitative estimate of drug-likeness (QED) is 0.391. The van der Waals surface area contributed by atoms with Gasteiger partial charge in [-0.25, -0.2) is 0 Å². The third-order valence-electron chi connectivity index (χ3n) is 2.96. The lowest BCUT2D eigenvalue weighted by Gasteiger charge is -2.15. The summed E-state index contributed by atoms with van der Waals surface area (Å²) >= 11 is 0. The maximum atomic E-state index is 11.5. The molecule has 0 aromatic heterocycles. The molecule has 4 heteroatoms. The third-order valence-corrected chi connectivity index (χ3v) is 2.96. The third kappa shape index (κ3) is 2.19. The second-order valence-corrected chi connectivity index (χ2v) is 3.96. The highest BCUT2D eigenvalue weighted by atomic mass is 16.6. The minimum atomic E-state index is -0.324. The summed E-state index contributed by atoms with van der Waals surface area (Å²) < 4.78 is 0. The summed E-state index contributed by atoms with van der Waals surface area (Å²) in [5.41, 5.74) is 0. The highest BCUT2D eigenvalue weighted by Gasteiger charge is 2.41. The van der Waals surface area contributed by atoms with Gasteiger partial charge >= 0.3 is 0 Å². The summed E-state index contributed by atoms with van der Waals surface area (Å²) in [7, 11) is 0. The SMILES string of the molecule is C=CC[C@H]1C(=O)C[C@@H](C)[C@@H]1C[N+](=O)[O-]. The Kier molecular flexibility index (Phi) is 3.38. The summed E-state index contributed by atoms with van der Waals surface area (Å²) in [5, 5.41) is 10.4. The van der Waals surface area contributed by atoms with Crippen molar-refractivity contribution in [2.45, 2.75) is 19.8 Å². The second-order valence-electron chi connectivity index (χ2n) is 3.96. The number of hydrogen-bond donors (Lipinski definition) is 0. The fourth-order valence-electron chi connectivity index (χ4n) is 2.22. The molecule has 4 nitrogen and oxygen atoms in total. The molecule has 0 radical (unpaired) electrons. The van der Waals surface area contributed by atoms with Gasteiger partial charge in [0.25, 0.3) is 0 Å². The molecule has 0 unspecified atom stereocenters. The fourth-order valence-corrected chi connectivity index (χ4v) is 2.22. The molecule has 78 valence electrons. The molecule has 0 saturated heterocycles. The van der Waals surface area contributed by atoms with E-state index in [4.69, 9.17) is 0 Å². The second kappa shape index (κ2) is 4.35. The topological polar surface area (TPSA) is 60.2 Å². The molecule has 0 heterocycles. The Morgan fingerprint density at radius 2 is 2.36 bits per heavy atom. The first-order chi connectivity index (χ1) is 6.56. The molecule has 3 atom stereocenters. The van der Waals surface area contributed by atoms with Crippen LogP contribution in [0, 0.1) is 27.9 Å². The molecule has 0 amide bonds. The molecule has 1 rings (SSSR count). The summed E-state index contributed by atoms with van der Waals surface area (Å²) in [6.07, 6.45) is 2.73. The Morgan fingerprint density at radius 1 is 1.71 bits per heavy atom. The molecule has 0 aromatic rings. The first-order valence-corrected chi connectivity index (χ1v) is 4.81. The number of hydrogen-bond acceptors (Lipinski definition) is 3. The van der Waals surface area contributed by atoms with E-state index in [0.29, 0.717) is 12.8 Å². The van der Waals surface area contributed by atoms with Gasteiger partial charge in [0.2, 0.25) is 6.54 Å². The standard InChI is InChI=1S/C10H15NO3/c1-3-4-8-9(6-11(13)14)7(2)5-10(8)12/h3,7-9H,1,4-6H2,2H3/t7-,8-,9+/m1/s1. The maximum Gasteiger partial charge on any atom is 0.207 e. The molecule has 14 heavy (non-hydrogen) atoms. The molecule has 1 fully saturated rings. The molecule has 1 aliphatic carbocycles. The number of carbonyl (C=O) groups excluding carboxylic acids is 1. The van der Waals surface area contributed by atoms with E-state index in [1.807, 2.05) is 6.92 Å². The predicted octanol–water partition coefficient (Wildman–Crippen LogP) is 1.68. The van der Waals surface area contributed by atoms with Crippen LogP contribution >= 0.6 is 0 Å². The van der Waals surface area contributed by atoms with Gasteiger partial charge in [0.05, 0.1) is 0 Å². The summed E-state index contributed by atoms with van der Waals surface area (Å²) in [6.45, 7) is 5.40. The summed E-state index contributed by atoms with van der Waals surface area (Å²) in [4.78, 5) is 21.6. The Labute approximate surface area is 83.1 Å². The Hall–Kier alpha value is -1.19. The zero-order chi connectivity index (χ0) is 10.7. The van der Waals surface area contributed by atoms with Crippen molar-refractivity contribution in [2.75, 3.05) is 6.54 Å². The molecule has 0 N–H and O–H groups in total. The van der Waals surface area contributed by atoms with Crippen LogP contribution in [0.4, 0.5) is 0 Å². The van der Waals surface area contributed by atoms with Gasteiger partial charge in [-0.05, 0) is 12.3 Å². The van der Waals surface area contributed by atoms with E-state index in [0.717, 1.165) is 0 Å². The molecule has 0 bridgehead atoms. The molecule has 1 saturated carbocycles. The van der Waals surface area contributed by atoms with Crippen molar-refractivity contribution in [1.82, 2.24) is 0 Å². The van der Waals surface area contributed by atoms with Crippen LogP contribution in [0.15, 0.2) is 12.7 Å². The first-order valence-electron chi connectivity index (χ1n) is 4.81. The Bertz CT molecular complexity index is 262. The van der Waals surface area contributed by atoms with Crippen LogP contribution in [0.2, 0.25) is 0 Å². The lowest BCUT2D eigenvalue weighted by Crippen LogP contribution is -2.24. The van der Waals surface area contributed by atoms with Crippen molar-refractivity contribution < 1.29 is 9.72 Å². The zero-order valence-corrected chi connectivity index (χ0v) is 8.31. The monoisotopic (exact) mass is 197 g/mol. The Balaban J connectivity index is 2.72. The average molecular weight is 197 g/mol.